The van der Waals surface area contributed by atoms with E-state index in [1.54, 1.807) is 12.1 Å². The minimum absolute atomic E-state index is 0.0382. The normalized spacial score (nSPS) is 27.3. The molecule has 148 valence electrons. The van der Waals surface area contributed by atoms with Crippen LogP contribution in [0.15, 0.2) is 18.2 Å². The molecular formula is C20H24N4O4. The number of fused-ring (bicyclic) bond motifs is 1. The molecule has 2 atom stereocenters. The van der Waals surface area contributed by atoms with Crippen molar-refractivity contribution in [3.8, 4) is 0 Å². The largest absolute Gasteiger partial charge is 0.311 e. The van der Waals surface area contributed by atoms with E-state index in [0.29, 0.717) is 17.7 Å². The van der Waals surface area contributed by atoms with Crippen LogP contribution < -0.4 is 16.0 Å². The van der Waals surface area contributed by atoms with Gasteiger partial charge >= 0.3 is 0 Å². The van der Waals surface area contributed by atoms with Crippen molar-refractivity contribution in [2.75, 3.05) is 13.1 Å². The average Bonchev–Trinajstić information content (AvgIpc) is 3.19. The Bertz CT molecular complexity index is 860. The number of nitrogens with one attached hydrogen (secondary N) is 3. The summed E-state index contributed by atoms with van der Waals surface area (Å²) in [6, 6.07) is 4.26. The van der Waals surface area contributed by atoms with Gasteiger partial charge in [0.1, 0.15) is 6.04 Å². The SMILES string of the molecule is CC1(CNCc2cccc3c2C(=O)N(C2CCC(=O)NC2=O)C3=O)CCCN1. The molecule has 3 heterocycles. The number of benzene rings is 1. The Morgan fingerprint density at radius 2 is 2.04 bits per heavy atom. The molecule has 3 aliphatic heterocycles. The summed E-state index contributed by atoms with van der Waals surface area (Å²) < 4.78 is 0. The van der Waals surface area contributed by atoms with E-state index in [9.17, 15) is 19.2 Å². The summed E-state index contributed by atoms with van der Waals surface area (Å²) in [5.41, 5.74) is 1.46. The van der Waals surface area contributed by atoms with Crippen LogP contribution in [-0.2, 0) is 16.1 Å². The van der Waals surface area contributed by atoms with Gasteiger partial charge in [-0.2, -0.15) is 0 Å². The molecule has 3 N–H and O–H groups in total. The van der Waals surface area contributed by atoms with Gasteiger partial charge in [0.15, 0.2) is 0 Å². The number of rotatable bonds is 5. The van der Waals surface area contributed by atoms with Crippen molar-refractivity contribution >= 4 is 23.6 Å². The zero-order chi connectivity index (χ0) is 19.9. The second kappa shape index (κ2) is 7.10. The molecule has 2 fully saturated rings. The minimum atomic E-state index is -0.937. The van der Waals surface area contributed by atoms with Crippen LogP contribution in [0.4, 0.5) is 0 Å². The third kappa shape index (κ3) is 3.22. The van der Waals surface area contributed by atoms with E-state index in [4.69, 9.17) is 0 Å². The van der Waals surface area contributed by atoms with Gasteiger partial charge in [0.05, 0.1) is 11.1 Å². The summed E-state index contributed by atoms with van der Waals surface area (Å²) in [5.74, 6) is -1.90. The van der Waals surface area contributed by atoms with E-state index >= 15 is 0 Å². The zero-order valence-electron chi connectivity index (χ0n) is 15.8. The number of nitrogens with zero attached hydrogens (tertiary/aromatic N) is 1. The molecule has 0 aromatic heterocycles. The van der Waals surface area contributed by atoms with Crippen LogP contribution >= 0.6 is 0 Å². The zero-order valence-corrected chi connectivity index (χ0v) is 15.8. The molecule has 8 heteroatoms. The van der Waals surface area contributed by atoms with Crippen molar-refractivity contribution < 1.29 is 19.2 Å². The lowest BCUT2D eigenvalue weighted by atomic mass is 9.99. The van der Waals surface area contributed by atoms with Crippen molar-refractivity contribution in [1.82, 2.24) is 20.9 Å². The fourth-order valence-corrected chi connectivity index (χ4v) is 4.31. The van der Waals surface area contributed by atoms with Crippen molar-refractivity contribution in [2.24, 2.45) is 0 Å². The van der Waals surface area contributed by atoms with Gasteiger partial charge in [-0.15, -0.1) is 0 Å². The highest BCUT2D eigenvalue weighted by Crippen LogP contribution is 2.30. The standard InChI is InChI=1S/C20H24N4O4/c1-20(8-3-9-22-20)11-21-10-12-4-2-5-13-16(12)19(28)24(18(13)27)14-6-7-15(25)23-17(14)26/h2,4-5,14,21-22H,3,6-11H2,1H3,(H,23,25,26). The average molecular weight is 384 g/mol. The Labute approximate surface area is 163 Å². The summed E-state index contributed by atoms with van der Waals surface area (Å²) in [4.78, 5) is 50.4. The van der Waals surface area contributed by atoms with Crippen LogP contribution in [0.3, 0.4) is 0 Å². The Hall–Kier alpha value is -2.58. The molecule has 4 amide bonds. The van der Waals surface area contributed by atoms with Gasteiger partial charge in [0.25, 0.3) is 11.8 Å². The maximum Gasteiger partial charge on any atom is 0.262 e. The van der Waals surface area contributed by atoms with E-state index < -0.39 is 23.8 Å². The molecule has 2 saturated heterocycles. The maximum atomic E-state index is 13.0. The van der Waals surface area contributed by atoms with Crippen LogP contribution in [0.5, 0.6) is 0 Å². The molecule has 0 saturated carbocycles. The van der Waals surface area contributed by atoms with Crippen LogP contribution in [0.2, 0.25) is 0 Å². The molecule has 0 bridgehead atoms. The number of piperidine rings is 1. The second-order valence-electron chi connectivity index (χ2n) is 7.98. The van der Waals surface area contributed by atoms with Crippen molar-refractivity contribution in [3.63, 3.8) is 0 Å². The number of hydrogen-bond donors (Lipinski definition) is 3. The van der Waals surface area contributed by atoms with Gasteiger partial charge in [-0.1, -0.05) is 12.1 Å². The summed E-state index contributed by atoms with van der Waals surface area (Å²) >= 11 is 0. The number of carbonyl (C=O) groups is 4. The molecule has 0 spiro atoms. The molecule has 28 heavy (non-hydrogen) atoms. The Morgan fingerprint density at radius 3 is 2.75 bits per heavy atom. The van der Waals surface area contributed by atoms with E-state index in [-0.39, 0.29) is 24.3 Å². The monoisotopic (exact) mass is 384 g/mol. The second-order valence-corrected chi connectivity index (χ2v) is 7.98. The van der Waals surface area contributed by atoms with Gasteiger partial charge in [-0.3, -0.25) is 29.4 Å². The lowest BCUT2D eigenvalue weighted by Crippen LogP contribution is -2.54. The first-order valence-corrected chi connectivity index (χ1v) is 9.69. The number of carbonyl (C=O) groups excluding carboxylic acids is 4. The van der Waals surface area contributed by atoms with E-state index in [0.717, 1.165) is 36.4 Å². The first-order valence-electron chi connectivity index (χ1n) is 9.69. The molecule has 0 radical (unpaired) electrons. The van der Waals surface area contributed by atoms with Gasteiger partial charge in [-0.05, 0) is 44.4 Å². The fraction of sp³-hybridized carbons (Fsp3) is 0.500. The van der Waals surface area contributed by atoms with Crippen LogP contribution in [0.1, 0.15) is 58.9 Å². The third-order valence-corrected chi connectivity index (χ3v) is 5.84. The first kappa shape index (κ1) is 18.8. The summed E-state index contributed by atoms with van der Waals surface area (Å²) in [6.45, 7) is 4.40. The minimum Gasteiger partial charge on any atom is -0.311 e. The molecule has 2 unspecified atom stereocenters. The highest BCUT2D eigenvalue weighted by molar-refractivity contribution is 6.24. The smallest absolute Gasteiger partial charge is 0.262 e. The first-order chi connectivity index (χ1) is 13.4. The molecular weight excluding hydrogens is 360 g/mol. The van der Waals surface area contributed by atoms with Crippen LogP contribution in [0, 0.1) is 0 Å². The fourth-order valence-electron chi connectivity index (χ4n) is 4.31. The van der Waals surface area contributed by atoms with Crippen LogP contribution in [0.25, 0.3) is 0 Å². The predicted octanol–water partition coefficient (Wildman–Crippen LogP) is 0.320. The Kier molecular flexibility index (Phi) is 4.76. The van der Waals surface area contributed by atoms with Crippen LogP contribution in [-0.4, -0.2) is 53.2 Å². The molecule has 8 nitrogen and oxygen atoms in total. The molecule has 3 aliphatic rings. The molecule has 4 rings (SSSR count). The lowest BCUT2D eigenvalue weighted by Gasteiger charge is -2.28. The van der Waals surface area contributed by atoms with Gasteiger partial charge in [-0.25, -0.2) is 0 Å². The van der Waals surface area contributed by atoms with E-state index in [1.165, 1.54) is 0 Å². The number of amides is 4. The van der Waals surface area contributed by atoms with Crippen molar-refractivity contribution in [2.45, 2.75) is 50.7 Å². The predicted molar refractivity (Wildman–Crippen MR) is 100 cm³/mol. The van der Waals surface area contributed by atoms with Gasteiger partial charge < -0.3 is 10.6 Å². The molecule has 1 aromatic carbocycles. The highest BCUT2D eigenvalue weighted by atomic mass is 16.2. The van der Waals surface area contributed by atoms with E-state index in [2.05, 4.69) is 22.9 Å². The Balaban J connectivity index is 1.52. The van der Waals surface area contributed by atoms with Gasteiger partial charge in [0, 0.05) is 25.0 Å². The van der Waals surface area contributed by atoms with Crippen molar-refractivity contribution in [1.29, 1.82) is 0 Å². The van der Waals surface area contributed by atoms with Crippen molar-refractivity contribution in [3.05, 3.63) is 34.9 Å². The summed E-state index contributed by atoms with van der Waals surface area (Å²) in [6.07, 6.45) is 2.51. The topological polar surface area (TPSA) is 108 Å². The lowest BCUT2D eigenvalue weighted by molar-refractivity contribution is -0.136. The summed E-state index contributed by atoms with van der Waals surface area (Å²) in [5, 5.41) is 9.09. The molecule has 1 aromatic rings. The van der Waals surface area contributed by atoms with Gasteiger partial charge in [0.2, 0.25) is 11.8 Å². The highest BCUT2D eigenvalue weighted by Gasteiger charge is 2.45. The number of hydrogen-bond acceptors (Lipinski definition) is 6. The Morgan fingerprint density at radius 1 is 1.21 bits per heavy atom. The quantitative estimate of drug-likeness (QED) is 0.631. The third-order valence-electron chi connectivity index (χ3n) is 5.84. The molecule has 0 aliphatic carbocycles. The maximum absolute atomic E-state index is 13.0. The summed E-state index contributed by atoms with van der Waals surface area (Å²) in [7, 11) is 0. The van der Waals surface area contributed by atoms with E-state index in [1.807, 2.05) is 6.07 Å². The number of imide groups is 2.